The first-order chi connectivity index (χ1) is 15.3. The lowest BCUT2D eigenvalue weighted by Crippen LogP contribution is -2.32. The fourth-order valence-electron chi connectivity index (χ4n) is 3.48. The summed E-state index contributed by atoms with van der Waals surface area (Å²) < 4.78 is 8.75. The summed E-state index contributed by atoms with van der Waals surface area (Å²) in [5.41, 5.74) is 2.66. The smallest absolute Gasteiger partial charge is 0.295 e. The zero-order valence-electron chi connectivity index (χ0n) is 18.2. The maximum atomic E-state index is 12.9. The minimum absolute atomic E-state index is 0.00342. The molecule has 1 unspecified atom stereocenters. The van der Waals surface area contributed by atoms with Crippen molar-refractivity contribution in [3.05, 3.63) is 81.4 Å². The highest BCUT2D eigenvalue weighted by Crippen LogP contribution is 2.32. The zero-order valence-corrected chi connectivity index (χ0v) is 19.0. The highest BCUT2D eigenvalue weighted by molar-refractivity contribution is 6.31. The lowest BCUT2D eigenvalue weighted by atomic mass is 10.0. The summed E-state index contributed by atoms with van der Waals surface area (Å²) in [5.74, 6) is 0.893. The van der Waals surface area contributed by atoms with Crippen molar-refractivity contribution in [2.24, 2.45) is 0 Å². The molecule has 0 fully saturated rings. The SMILES string of the molecule is Cc1cc(OCC(O)Cn2ncc3cn(-c4ccccc4)nc3c2=O)c(C(C)C)cc1Cl. The molecule has 1 atom stereocenters. The molecule has 166 valence electrons. The molecular formula is C24H25ClN4O3. The number of para-hydroxylation sites is 1. The number of nitrogens with zero attached hydrogens (tertiary/aromatic N) is 4. The van der Waals surface area contributed by atoms with E-state index >= 15 is 0 Å². The molecule has 0 saturated carbocycles. The molecule has 0 saturated heterocycles. The van der Waals surface area contributed by atoms with Crippen LogP contribution >= 0.6 is 11.6 Å². The third kappa shape index (κ3) is 4.54. The van der Waals surface area contributed by atoms with Gasteiger partial charge < -0.3 is 9.84 Å². The summed E-state index contributed by atoms with van der Waals surface area (Å²) in [7, 11) is 0. The monoisotopic (exact) mass is 452 g/mol. The van der Waals surface area contributed by atoms with E-state index in [0.29, 0.717) is 21.7 Å². The number of hydrogen-bond acceptors (Lipinski definition) is 5. The summed E-state index contributed by atoms with van der Waals surface area (Å²) in [6.45, 7) is 6.03. The van der Waals surface area contributed by atoms with Crippen LogP contribution in [0.5, 0.6) is 5.75 Å². The third-order valence-electron chi connectivity index (χ3n) is 5.26. The van der Waals surface area contributed by atoms with Crippen LogP contribution in [0.4, 0.5) is 0 Å². The van der Waals surface area contributed by atoms with Crippen LogP contribution in [0.25, 0.3) is 16.6 Å². The Morgan fingerprint density at radius 2 is 1.94 bits per heavy atom. The maximum Gasteiger partial charge on any atom is 0.295 e. The maximum absolute atomic E-state index is 12.9. The summed E-state index contributed by atoms with van der Waals surface area (Å²) in [5, 5.41) is 20.4. The molecule has 0 aliphatic rings. The molecular weight excluding hydrogens is 428 g/mol. The van der Waals surface area contributed by atoms with E-state index in [2.05, 4.69) is 24.0 Å². The molecule has 0 aliphatic carbocycles. The number of ether oxygens (including phenoxy) is 1. The molecule has 0 amide bonds. The third-order valence-corrected chi connectivity index (χ3v) is 5.67. The molecule has 0 spiro atoms. The first kappa shape index (κ1) is 22.0. The molecule has 8 heteroatoms. The number of fused-ring (bicyclic) bond motifs is 1. The van der Waals surface area contributed by atoms with Gasteiger partial charge in [-0.15, -0.1) is 0 Å². The fourth-order valence-corrected chi connectivity index (χ4v) is 3.65. The standard InChI is InChI=1S/C24H25ClN4O3/c1-15(2)20-10-21(25)16(3)9-22(20)32-14-19(30)13-29-24(31)23-17(11-26-29)12-28(27-23)18-7-5-4-6-8-18/h4-12,15,19,30H,13-14H2,1-3H3. The number of aromatic nitrogens is 4. The van der Waals surface area contributed by atoms with Gasteiger partial charge in [-0.1, -0.05) is 43.6 Å². The van der Waals surface area contributed by atoms with Crippen LogP contribution in [-0.2, 0) is 6.54 Å². The molecule has 0 radical (unpaired) electrons. The van der Waals surface area contributed by atoms with Gasteiger partial charge in [-0.3, -0.25) is 4.79 Å². The first-order valence-electron chi connectivity index (χ1n) is 10.5. The predicted molar refractivity (Wildman–Crippen MR) is 125 cm³/mol. The predicted octanol–water partition coefficient (Wildman–Crippen LogP) is 4.11. The Hall–Kier alpha value is -3.16. The number of hydrogen-bond donors (Lipinski definition) is 1. The van der Waals surface area contributed by atoms with Crippen molar-refractivity contribution < 1.29 is 9.84 Å². The highest BCUT2D eigenvalue weighted by atomic mass is 35.5. The fraction of sp³-hybridized carbons (Fsp3) is 0.292. The Labute approximate surface area is 190 Å². The van der Waals surface area contributed by atoms with Crippen molar-refractivity contribution in [1.29, 1.82) is 0 Å². The Morgan fingerprint density at radius 3 is 2.66 bits per heavy atom. The van der Waals surface area contributed by atoms with E-state index in [1.165, 1.54) is 4.68 Å². The number of benzene rings is 2. The first-order valence-corrected chi connectivity index (χ1v) is 10.8. The number of aryl methyl sites for hydroxylation is 1. The van der Waals surface area contributed by atoms with Crippen LogP contribution in [0, 0.1) is 6.92 Å². The second kappa shape index (κ2) is 9.14. The van der Waals surface area contributed by atoms with Gasteiger partial charge in [0.2, 0.25) is 0 Å². The second-order valence-electron chi connectivity index (χ2n) is 8.10. The molecule has 32 heavy (non-hydrogen) atoms. The minimum Gasteiger partial charge on any atom is -0.491 e. The molecule has 4 rings (SSSR count). The molecule has 1 N–H and O–H groups in total. The lowest BCUT2D eigenvalue weighted by molar-refractivity contribution is 0.0875. The normalized spacial score (nSPS) is 12.4. The van der Waals surface area contributed by atoms with Gasteiger partial charge in [0.1, 0.15) is 18.5 Å². The van der Waals surface area contributed by atoms with Crippen LogP contribution in [0.15, 0.2) is 59.7 Å². The Kier molecular flexibility index (Phi) is 6.30. The minimum atomic E-state index is -0.926. The zero-order chi connectivity index (χ0) is 22.8. The molecule has 0 bridgehead atoms. The lowest BCUT2D eigenvalue weighted by Gasteiger charge is -2.18. The summed E-state index contributed by atoms with van der Waals surface area (Å²) >= 11 is 6.25. The Bertz CT molecular complexity index is 1300. The molecule has 2 aromatic heterocycles. The van der Waals surface area contributed by atoms with Crippen molar-refractivity contribution in [2.75, 3.05) is 6.61 Å². The van der Waals surface area contributed by atoms with Gasteiger partial charge >= 0.3 is 0 Å². The second-order valence-corrected chi connectivity index (χ2v) is 8.51. The van der Waals surface area contributed by atoms with E-state index in [4.69, 9.17) is 16.3 Å². The average Bonchev–Trinajstić information content (AvgIpc) is 3.22. The highest BCUT2D eigenvalue weighted by Gasteiger charge is 2.16. The molecule has 7 nitrogen and oxygen atoms in total. The van der Waals surface area contributed by atoms with E-state index in [1.54, 1.807) is 17.1 Å². The van der Waals surface area contributed by atoms with Gasteiger partial charge in [-0.25, -0.2) is 9.36 Å². The van der Waals surface area contributed by atoms with Crippen LogP contribution < -0.4 is 10.3 Å². The van der Waals surface area contributed by atoms with Crippen LogP contribution in [-0.4, -0.2) is 37.4 Å². The molecule has 2 aromatic carbocycles. The molecule has 2 heterocycles. The quantitative estimate of drug-likeness (QED) is 0.456. The van der Waals surface area contributed by atoms with Crippen molar-refractivity contribution in [1.82, 2.24) is 19.6 Å². The van der Waals surface area contributed by atoms with Gasteiger partial charge in [0.15, 0.2) is 5.52 Å². The Morgan fingerprint density at radius 1 is 1.19 bits per heavy atom. The molecule has 0 aliphatic heterocycles. The largest absolute Gasteiger partial charge is 0.491 e. The van der Waals surface area contributed by atoms with Crippen LogP contribution in [0.3, 0.4) is 0 Å². The number of halogens is 1. The van der Waals surface area contributed by atoms with Gasteiger partial charge in [-0.05, 0) is 48.2 Å². The van der Waals surface area contributed by atoms with Gasteiger partial charge in [0.05, 0.1) is 18.4 Å². The van der Waals surface area contributed by atoms with Crippen molar-refractivity contribution in [2.45, 2.75) is 39.3 Å². The van der Waals surface area contributed by atoms with Crippen molar-refractivity contribution >= 4 is 22.5 Å². The van der Waals surface area contributed by atoms with Gasteiger partial charge in [0.25, 0.3) is 5.56 Å². The summed E-state index contributed by atoms with van der Waals surface area (Å²) in [4.78, 5) is 12.9. The van der Waals surface area contributed by atoms with E-state index in [1.807, 2.05) is 49.4 Å². The van der Waals surface area contributed by atoms with Crippen LogP contribution in [0.1, 0.15) is 30.9 Å². The van der Waals surface area contributed by atoms with Crippen molar-refractivity contribution in [3.63, 3.8) is 0 Å². The van der Waals surface area contributed by atoms with E-state index in [0.717, 1.165) is 16.8 Å². The number of rotatable bonds is 7. The topological polar surface area (TPSA) is 82.2 Å². The summed E-state index contributed by atoms with van der Waals surface area (Å²) in [6.07, 6.45) is 2.42. The van der Waals surface area contributed by atoms with Crippen molar-refractivity contribution in [3.8, 4) is 11.4 Å². The Balaban J connectivity index is 1.51. The average molecular weight is 453 g/mol. The van der Waals surface area contributed by atoms with E-state index in [9.17, 15) is 9.90 Å². The van der Waals surface area contributed by atoms with E-state index < -0.39 is 6.10 Å². The van der Waals surface area contributed by atoms with E-state index in [-0.39, 0.29) is 24.6 Å². The van der Waals surface area contributed by atoms with Crippen LogP contribution in [0.2, 0.25) is 5.02 Å². The van der Waals surface area contributed by atoms with Gasteiger partial charge in [-0.2, -0.15) is 10.2 Å². The molecule has 4 aromatic rings. The number of aliphatic hydroxyl groups excluding tert-OH is 1. The van der Waals surface area contributed by atoms with Gasteiger partial charge in [0, 0.05) is 16.6 Å². The summed E-state index contributed by atoms with van der Waals surface area (Å²) in [6, 6.07) is 13.3. The number of aliphatic hydroxyl groups is 1.